The third kappa shape index (κ3) is 5.14. The first-order chi connectivity index (χ1) is 11.6. The summed E-state index contributed by atoms with van der Waals surface area (Å²) in [7, 11) is 3.70. The zero-order valence-corrected chi connectivity index (χ0v) is 14.9. The number of nitrogens with zero attached hydrogens (tertiary/aromatic N) is 4. The third-order valence-electron chi connectivity index (χ3n) is 4.67. The van der Waals surface area contributed by atoms with E-state index in [2.05, 4.69) is 25.3 Å². The molecule has 1 aromatic rings. The average Bonchev–Trinajstić information content (AvgIpc) is 2.64. The number of carbonyl (C=O) groups is 1. The SMILES string of the molecule is COCCCNC(=O)[C@@H](C)N(C)[C@H]1CCCN(c2cccnn2)C1. The number of ether oxygens (including phenoxy) is 1. The van der Waals surface area contributed by atoms with E-state index >= 15 is 0 Å². The van der Waals surface area contributed by atoms with Gasteiger partial charge in [0.25, 0.3) is 0 Å². The minimum atomic E-state index is -0.153. The maximum Gasteiger partial charge on any atom is 0.237 e. The Morgan fingerprint density at radius 3 is 3.12 bits per heavy atom. The summed E-state index contributed by atoms with van der Waals surface area (Å²) in [5.41, 5.74) is 0. The van der Waals surface area contributed by atoms with E-state index in [1.807, 2.05) is 26.1 Å². The van der Waals surface area contributed by atoms with Crippen molar-refractivity contribution in [3.05, 3.63) is 18.3 Å². The number of hydrogen-bond donors (Lipinski definition) is 1. The highest BCUT2D eigenvalue weighted by molar-refractivity contribution is 5.81. The Hall–Kier alpha value is -1.73. The van der Waals surface area contributed by atoms with Gasteiger partial charge in [-0.15, -0.1) is 5.10 Å². The summed E-state index contributed by atoms with van der Waals surface area (Å²) in [6, 6.07) is 4.08. The van der Waals surface area contributed by atoms with Gasteiger partial charge in [-0.1, -0.05) is 0 Å². The molecular weight excluding hydrogens is 306 g/mol. The number of amides is 1. The Morgan fingerprint density at radius 2 is 2.42 bits per heavy atom. The van der Waals surface area contributed by atoms with Crippen LogP contribution in [0.5, 0.6) is 0 Å². The molecule has 24 heavy (non-hydrogen) atoms. The van der Waals surface area contributed by atoms with Crippen LogP contribution in [-0.4, -0.2) is 73.5 Å². The number of anilines is 1. The molecule has 2 atom stereocenters. The molecule has 2 heterocycles. The lowest BCUT2D eigenvalue weighted by molar-refractivity contribution is -0.126. The van der Waals surface area contributed by atoms with Crippen molar-refractivity contribution in [1.82, 2.24) is 20.4 Å². The van der Waals surface area contributed by atoms with E-state index in [4.69, 9.17) is 4.74 Å². The van der Waals surface area contributed by atoms with Gasteiger partial charge >= 0.3 is 0 Å². The standard InChI is InChI=1S/C17H29N5O2/c1-14(17(23)18-9-6-12-24-3)21(2)15-7-5-11-22(13-15)16-8-4-10-19-20-16/h4,8,10,14-15H,5-7,9,11-13H2,1-3H3,(H,18,23)/t14-,15+/m1/s1. The highest BCUT2D eigenvalue weighted by atomic mass is 16.5. The molecule has 0 radical (unpaired) electrons. The monoisotopic (exact) mass is 335 g/mol. The van der Waals surface area contributed by atoms with Crippen molar-refractivity contribution in [3.63, 3.8) is 0 Å². The quantitative estimate of drug-likeness (QED) is 0.713. The van der Waals surface area contributed by atoms with Gasteiger partial charge in [0.1, 0.15) is 0 Å². The number of piperidine rings is 1. The summed E-state index contributed by atoms with van der Waals surface area (Å²) < 4.78 is 5.00. The normalized spacial score (nSPS) is 19.3. The molecule has 7 nitrogen and oxygen atoms in total. The van der Waals surface area contributed by atoms with Crippen molar-refractivity contribution in [2.24, 2.45) is 0 Å². The molecule has 1 saturated heterocycles. The summed E-state index contributed by atoms with van der Waals surface area (Å²) in [5, 5.41) is 11.1. The lowest BCUT2D eigenvalue weighted by Gasteiger charge is -2.40. The van der Waals surface area contributed by atoms with Gasteiger partial charge in [0, 0.05) is 45.6 Å². The molecule has 0 unspecified atom stereocenters. The summed E-state index contributed by atoms with van der Waals surface area (Å²) in [6.45, 7) is 5.14. The zero-order chi connectivity index (χ0) is 17.4. The van der Waals surface area contributed by atoms with Crippen molar-refractivity contribution in [2.75, 3.05) is 45.3 Å². The summed E-state index contributed by atoms with van der Waals surface area (Å²) in [4.78, 5) is 16.7. The minimum Gasteiger partial charge on any atom is -0.385 e. The van der Waals surface area contributed by atoms with Gasteiger partial charge in [0.2, 0.25) is 5.91 Å². The van der Waals surface area contributed by atoms with Crippen LogP contribution in [0.15, 0.2) is 18.3 Å². The summed E-state index contributed by atoms with van der Waals surface area (Å²) in [5.74, 6) is 0.984. The first-order valence-electron chi connectivity index (χ1n) is 8.64. The van der Waals surface area contributed by atoms with E-state index in [1.54, 1.807) is 13.3 Å². The van der Waals surface area contributed by atoms with E-state index in [-0.39, 0.29) is 11.9 Å². The molecule has 0 aromatic carbocycles. The van der Waals surface area contributed by atoms with Crippen LogP contribution in [-0.2, 0) is 9.53 Å². The number of methoxy groups -OCH3 is 1. The first kappa shape index (κ1) is 18.6. The molecule has 1 fully saturated rings. The average molecular weight is 335 g/mol. The van der Waals surface area contributed by atoms with Crippen LogP contribution in [0.2, 0.25) is 0 Å². The van der Waals surface area contributed by atoms with Gasteiger partial charge in [0.05, 0.1) is 6.04 Å². The lowest BCUT2D eigenvalue weighted by Crippen LogP contribution is -2.53. The van der Waals surface area contributed by atoms with Gasteiger partial charge in [-0.05, 0) is 45.4 Å². The Balaban J connectivity index is 1.86. The predicted octanol–water partition coefficient (Wildman–Crippen LogP) is 0.918. The molecule has 0 spiro atoms. The molecule has 0 bridgehead atoms. The predicted molar refractivity (Wildman–Crippen MR) is 94.0 cm³/mol. The Labute approximate surface area is 144 Å². The van der Waals surface area contributed by atoms with Gasteiger partial charge in [-0.25, -0.2) is 0 Å². The number of likely N-dealkylation sites (N-methyl/N-ethyl adjacent to an activating group) is 1. The van der Waals surface area contributed by atoms with Crippen molar-refractivity contribution < 1.29 is 9.53 Å². The fourth-order valence-corrected chi connectivity index (χ4v) is 3.03. The topological polar surface area (TPSA) is 70.6 Å². The number of hydrogen-bond acceptors (Lipinski definition) is 6. The zero-order valence-electron chi connectivity index (χ0n) is 14.9. The molecule has 1 N–H and O–H groups in total. The molecular formula is C17H29N5O2. The first-order valence-corrected chi connectivity index (χ1v) is 8.64. The maximum atomic E-state index is 12.3. The van der Waals surface area contributed by atoms with Crippen LogP contribution >= 0.6 is 0 Å². The third-order valence-corrected chi connectivity index (χ3v) is 4.67. The molecule has 1 aliphatic rings. The van der Waals surface area contributed by atoms with Crippen LogP contribution in [0.3, 0.4) is 0 Å². The number of nitrogens with one attached hydrogen (secondary N) is 1. The van der Waals surface area contributed by atoms with Gasteiger partial charge < -0.3 is 15.0 Å². The van der Waals surface area contributed by atoms with Crippen molar-refractivity contribution in [1.29, 1.82) is 0 Å². The Kier molecular flexibility index (Phi) is 7.39. The van der Waals surface area contributed by atoms with Crippen LogP contribution in [0.1, 0.15) is 26.2 Å². The summed E-state index contributed by atoms with van der Waals surface area (Å²) >= 11 is 0. The van der Waals surface area contributed by atoms with Crippen LogP contribution in [0, 0.1) is 0 Å². The molecule has 2 rings (SSSR count). The minimum absolute atomic E-state index is 0.0743. The fourth-order valence-electron chi connectivity index (χ4n) is 3.03. The summed E-state index contributed by atoms with van der Waals surface area (Å²) in [6.07, 6.45) is 4.71. The largest absolute Gasteiger partial charge is 0.385 e. The molecule has 1 aliphatic heterocycles. The molecule has 0 aliphatic carbocycles. The Bertz CT molecular complexity index is 499. The van der Waals surface area contributed by atoms with Crippen LogP contribution in [0.4, 0.5) is 5.82 Å². The van der Waals surface area contributed by atoms with Crippen molar-refractivity contribution in [3.8, 4) is 0 Å². The van der Waals surface area contributed by atoms with E-state index in [0.717, 1.165) is 38.2 Å². The number of carbonyl (C=O) groups excluding carboxylic acids is 1. The number of rotatable bonds is 8. The van der Waals surface area contributed by atoms with E-state index in [9.17, 15) is 4.79 Å². The fraction of sp³-hybridized carbons (Fsp3) is 0.706. The van der Waals surface area contributed by atoms with Gasteiger partial charge in [0.15, 0.2) is 5.82 Å². The van der Waals surface area contributed by atoms with E-state index < -0.39 is 0 Å². The Morgan fingerprint density at radius 1 is 1.58 bits per heavy atom. The van der Waals surface area contributed by atoms with Crippen molar-refractivity contribution >= 4 is 11.7 Å². The highest BCUT2D eigenvalue weighted by Gasteiger charge is 2.29. The molecule has 1 amide bonds. The molecule has 7 heteroatoms. The second-order valence-corrected chi connectivity index (χ2v) is 6.30. The lowest BCUT2D eigenvalue weighted by atomic mass is 10.0. The smallest absolute Gasteiger partial charge is 0.237 e. The van der Waals surface area contributed by atoms with Crippen LogP contribution in [0.25, 0.3) is 0 Å². The van der Waals surface area contributed by atoms with Crippen molar-refractivity contribution in [2.45, 2.75) is 38.3 Å². The second-order valence-electron chi connectivity index (χ2n) is 6.30. The second kappa shape index (κ2) is 9.54. The number of aromatic nitrogens is 2. The maximum absolute atomic E-state index is 12.3. The van der Waals surface area contributed by atoms with Gasteiger partial charge in [-0.2, -0.15) is 5.10 Å². The molecule has 134 valence electrons. The molecule has 0 saturated carbocycles. The highest BCUT2D eigenvalue weighted by Crippen LogP contribution is 2.20. The molecule has 1 aromatic heterocycles. The van der Waals surface area contributed by atoms with E-state index in [1.165, 1.54) is 0 Å². The van der Waals surface area contributed by atoms with Gasteiger partial charge in [-0.3, -0.25) is 9.69 Å². The van der Waals surface area contributed by atoms with Crippen LogP contribution < -0.4 is 10.2 Å². The van der Waals surface area contributed by atoms with E-state index in [0.29, 0.717) is 19.2 Å².